The molecule has 0 unspecified atom stereocenters. The van der Waals surface area contributed by atoms with Crippen molar-refractivity contribution in [2.75, 3.05) is 0 Å². The van der Waals surface area contributed by atoms with E-state index in [0.29, 0.717) is 11.1 Å². The lowest BCUT2D eigenvalue weighted by molar-refractivity contribution is -0.385. The zero-order valence-corrected chi connectivity index (χ0v) is 10.8. The fourth-order valence-corrected chi connectivity index (χ4v) is 1.70. The molecule has 1 aromatic carbocycles. The van der Waals surface area contributed by atoms with Gasteiger partial charge in [0.1, 0.15) is 0 Å². The molecule has 0 amide bonds. The normalized spacial score (nSPS) is 10.7. The number of carbonyl (C=O) groups is 1. The van der Waals surface area contributed by atoms with E-state index in [0.717, 1.165) is 5.56 Å². The van der Waals surface area contributed by atoms with Crippen LogP contribution in [0.2, 0.25) is 0 Å². The van der Waals surface area contributed by atoms with Gasteiger partial charge < -0.3 is 0 Å². The van der Waals surface area contributed by atoms with Gasteiger partial charge in [-0.25, -0.2) is 0 Å². The molecule has 0 aliphatic rings. The van der Waals surface area contributed by atoms with Crippen LogP contribution in [-0.4, -0.2) is 15.7 Å². The van der Waals surface area contributed by atoms with E-state index in [1.54, 1.807) is 43.6 Å². The maximum atomic E-state index is 12.0. The Morgan fingerprint density at radius 2 is 2.15 bits per heavy atom. The number of nitro groups is 1. The van der Waals surface area contributed by atoms with Crippen LogP contribution in [-0.2, 0) is 0 Å². The van der Waals surface area contributed by atoms with Crippen molar-refractivity contribution in [3.8, 4) is 0 Å². The number of aryl methyl sites for hydroxylation is 1. The van der Waals surface area contributed by atoms with Gasteiger partial charge in [-0.15, -0.1) is 0 Å². The Balaban J connectivity index is 2.24. The lowest BCUT2D eigenvalue weighted by Gasteiger charge is -1.99. The van der Waals surface area contributed by atoms with E-state index in [9.17, 15) is 14.9 Å². The lowest BCUT2D eigenvalue weighted by Crippen LogP contribution is -1.98. The number of nitrogens with zero attached hydrogens (tertiary/aromatic N) is 2. The summed E-state index contributed by atoms with van der Waals surface area (Å²) in [6, 6.07) is 8.03. The molecule has 0 saturated heterocycles. The molecule has 5 nitrogen and oxygen atoms in total. The molecule has 0 aliphatic heterocycles. The second-order valence-electron chi connectivity index (χ2n) is 4.24. The molecule has 1 heterocycles. The van der Waals surface area contributed by atoms with E-state index in [1.807, 2.05) is 6.07 Å². The molecule has 0 N–H and O–H groups in total. The van der Waals surface area contributed by atoms with Crippen LogP contribution < -0.4 is 0 Å². The summed E-state index contributed by atoms with van der Waals surface area (Å²) in [5.74, 6) is -0.281. The quantitative estimate of drug-likeness (QED) is 0.369. The molecule has 0 spiro atoms. The molecule has 0 radical (unpaired) electrons. The minimum atomic E-state index is -0.489. The zero-order chi connectivity index (χ0) is 14.5. The number of allylic oxidation sites excluding steroid dienone is 1. The number of rotatable bonds is 4. The molecule has 1 aromatic heterocycles. The van der Waals surface area contributed by atoms with Gasteiger partial charge in [0.25, 0.3) is 5.69 Å². The van der Waals surface area contributed by atoms with Gasteiger partial charge in [0.05, 0.1) is 4.92 Å². The first-order valence-corrected chi connectivity index (χ1v) is 5.95. The minimum absolute atomic E-state index is 0.0503. The van der Waals surface area contributed by atoms with Crippen molar-refractivity contribution >= 4 is 17.5 Å². The molecule has 0 aliphatic carbocycles. The van der Waals surface area contributed by atoms with Crippen LogP contribution >= 0.6 is 0 Å². The van der Waals surface area contributed by atoms with Gasteiger partial charge in [-0.05, 0) is 30.7 Å². The molecule has 20 heavy (non-hydrogen) atoms. The molecule has 2 rings (SSSR count). The monoisotopic (exact) mass is 268 g/mol. The zero-order valence-electron chi connectivity index (χ0n) is 10.8. The van der Waals surface area contributed by atoms with Crippen molar-refractivity contribution in [2.45, 2.75) is 6.92 Å². The highest BCUT2D eigenvalue weighted by molar-refractivity contribution is 6.07. The van der Waals surface area contributed by atoms with E-state index < -0.39 is 4.92 Å². The first kappa shape index (κ1) is 13.6. The van der Waals surface area contributed by atoms with E-state index in [1.165, 1.54) is 12.1 Å². The lowest BCUT2D eigenvalue weighted by atomic mass is 10.1. The van der Waals surface area contributed by atoms with Crippen molar-refractivity contribution in [2.24, 2.45) is 0 Å². The van der Waals surface area contributed by atoms with Crippen molar-refractivity contribution in [1.82, 2.24) is 4.98 Å². The molecule has 2 aromatic rings. The Labute approximate surface area is 115 Å². The average Bonchev–Trinajstić information content (AvgIpc) is 2.46. The number of nitro benzene ring substituents is 1. The van der Waals surface area contributed by atoms with Crippen LogP contribution in [0, 0.1) is 17.0 Å². The summed E-state index contributed by atoms with van der Waals surface area (Å²) in [6.07, 6.45) is 6.27. The number of pyridine rings is 1. The summed E-state index contributed by atoms with van der Waals surface area (Å²) < 4.78 is 0. The molecule has 100 valence electrons. The number of carbonyl (C=O) groups excluding carboxylic acids is 1. The predicted octanol–water partition coefficient (Wildman–Crippen LogP) is 3.19. The first-order chi connectivity index (χ1) is 9.58. The number of ketones is 1. The van der Waals surface area contributed by atoms with Crippen molar-refractivity contribution < 1.29 is 9.72 Å². The van der Waals surface area contributed by atoms with Crippen LogP contribution in [0.25, 0.3) is 6.08 Å². The van der Waals surface area contributed by atoms with E-state index in [4.69, 9.17) is 0 Å². The SMILES string of the molecule is Cc1ccc(C(=O)/C=C/c2cccnc2)cc1[N+](=O)[O-]. The largest absolute Gasteiger partial charge is 0.289 e. The van der Waals surface area contributed by atoms with Gasteiger partial charge in [-0.2, -0.15) is 0 Å². The van der Waals surface area contributed by atoms with Crippen LogP contribution in [0.3, 0.4) is 0 Å². The van der Waals surface area contributed by atoms with E-state index in [-0.39, 0.29) is 11.5 Å². The minimum Gasteiger partial charge on any atom is -0.289 e. The van der Waals surface area contributed by atoms with Gasteiger partial charge in [-0.3, -0.25) is 19.9 Å². The third-order valence-electron chi connectivity index (χ3n) is 2.80. The molecule has 0 fully saturated rings. The maximum Gasteiger partial charge on any atom is 0.273 e. The highest BCUT2D eigenvalue weighted by Crippen LogP contribution is 2.19. The summed E-state index contributed by atoms with van der Waals surface area (Å²) in [6.45, 7) is 1.64. The molecular formula is C15H12N2O3. The van der Waals surface area contributed by atoms with Crippen molar-refractivity contribution in [3.05, 3.63) is 75.6 Å². The Morgan fingerprint density at radius 1 is 1.35 bits per heavy atom. The van der Waals surface area contributed by atoms with Crippen molar-refractivity contribution in [3.63, 3.8) is 0 Å². The summed E-state index contributed by atoms with van der Waals surface area (Å²) in [7, 11) is 0. The van der Waals surface area contributed by atoms with Crippen LogP contribution in [0.5, 0.6) is 0 Å². The van der Waals surface area contributed by atoms with Crippen molar-refractivity contribution in [1.29, 1.82) is 0 Å². The van der Waals surface area contributed by atoms with E-state index in [2.05, 4.69) is 4.98 Å². The van der Waals surface area contributed by atoms with Gasteiger partial charge in [0, 0.05) is 29.6 Å². The summed E-state index contributed by atoms with van der Waals surface area (Å²) in [4.78, 5) is 26.3. The highest BCUT2D eigenvalue weighted by Gasteiger charge is 2.13. The third-order valence-corrected chi connectivity index (χ3v) is 2.80. The number of hydrogen-bond acceptors (Lipinski definition) is 4. The third kappa shape index (κ3) is 3.14. The van der Waals surface area contributed by atoms with Gasteiger partial charge >= 0.3 is 0 Å². The molecular weight excluding hydrogens is 256 g/mol. The molecule has 0 bridgehead atoms. The molecule has 0 atom stereocenters. The number of benzene rings is 1. The standard InChI is InChI=1S/C15H12N2O3/c1-11-4-6-13(9-14(11)17(19)20)15(18)7-5-12-3-2-8-16-10-12/h2-10H,1H3/b7-5+. The second-order valence-corrected chi connectivity index (χ2v) is 4.24. The predicted molar refractivity (Wildman–Crippen MR) is 75.4 cm³/mol. The number of hydrogen-bond donors (Lipinski definition) is 0. The summed E-state index contributed by atoms with van der Waals surface area (Å²) in [5.41, 5.74) is 1.57. The van der Waals surface area contributed by atoms with E-state index >= 15 is 0 Å². The highest BCUT2D eigenvalue weighted by atomic mass is 16.6. The van der Waals surface area contributed by atoms with Gasteiger partial charge in [0.15, 0.2) is 5.78 Å². The molecule has 0 saturated carbocycles. The van der Waals surface area contributed by atoms with Crippen LogP contribution in [0.4, 0.5) is 5.69 Å². The Kier molecular flexibility index (Phi) is 4.00. The average molecular weight is 268 g/mol. The van der Waals surface area contributed by atoms with Gasteiger partial charge in [-0.1, -0.05) is 18.2 Å². The maximum absolute atomic E-state index is 12.0. The Hall–Kier alpha value is -2.82. The smallest absolute Gasteiger partial charge is 0.273 e. The number of aromatic nitrogens is 1. The topological polar surface area (TPSA) is 73.1 Å². The van der Waals surface area contributed by atoms with Crippen LogP contribution in [0.1, 0.15) is 21.5 Å². The van der Waals surface area contributed by atoms with Gasteiger partial charge in [0.2, 0.25) is 0 Å². The fourth-order valence-electron chi connectivity index (χ4n) is 1.70. The van der Waals surface area contributed by atoms with Crippen LogP contribution in [0.15, 0.2) is 48.8 Å². The fraction of sp³-hybridized carbons (Fsp3) is 0.0667. The second kappa shape index (κ2) is 5.88. The summed E-state index contributed by atoms with van der Waals surface area (Å²) in [5, 5.41) is 10.8. The molecule has 5 heteroatoms. The first-order valence-electron chi connectivity index (χ1n) is 5.95. The summed E-state index contributed by atoms with van der Waals surface area (Å²) >= 11 is 0. The Bertz CT molecular complexity index is 679. The Morgan fingerprint density at radius 3 is 2.80 bits per heavy atom.